The van der Waals surface area contributed by atoms with Gasteiger partial charge < -0.3 is 46.1 Å². The fourth-order valence-electron chi connectivity index (χ4n) is 2.00. The second kappa shape index (κ2) is 29.1. The van der Waals surface area contributed by atoms with Crippen LogP contribution >= 0.6 is 35.3 Å². The fraction of sp³-hybridized carbons (Fsp3) is 0. The number of carbonyl (C=O) groups is 3. The predicted molar refractivity (Wildman–Crippen MR) is 156 cm³/mol. The van der Waals surface area contributed by atoms with E-state index in [2.05, 4.69) is 0 Å². The minimum Gasteiger partial charge on any atom is -0.545 e. The molecule has 0 fully saturated rings. The Balaban J connectivity index is -0.000000231. The molecule has 0 saturated carbocycles. The molecule has 2 radical (unpaired) electrons. The molecular weight excluding hydrogens is 773 g/mol. The van der Waals surface area contributed by atoms with Crippen molar-refractivity contribution in [3.8, 4) is 0 Å². The summed E-state index contributed by atoms with van der Waals surface area (Å²) < 4.78 is 0. The molecule has 0 aliphatic carbocycles. The van der Waals surface area contributed by atoms with Crippen LogP contribution in [-0.4, -0.2) is 60.5 Å². The Morgan fingerprint density at radius 1 is 0.450 bits per heavy atom. The average molecular weight is 801 g/mol. The molecule has 3 aromatic carbocycles. The largest absolute Gasteiger partial charge is 3.00 e. The van der Waals surface area contributed by atoms with Crippen LogP contribution in [0.4, 0.5) is 0 Å². The summed E-state index contributed by atoms with van der Waals surface area (Å²) >= 11 is 4.04. The van der Waals surface area contributed by atoms with Crippen LogP contribution in [0, 0.1) is 0 Å². The van der Waals surface area contributed by atoms with Gasteiger partial charge in [-0.05, 0) is 70.9 Å². The number of aliphatic carboxylic acids is 3. The fourth-order valence-corrected chi connectivity index (χ4v) is 3.95. The van der Waals surface area contributed by atoms with Crippen LogP contribution in [0.1, 0.15) is 0 Å². The maximum absolute atomic E-state index is 9.98. The zero-order valence-corrected chi connectivity index (χ0v) is 26.7. The van der Waals surface area contributed by atoms with Gasteiger partial charge in [0.15, 0.2) is 0 Å². The molecule has 212 valence electrons. The normalized spacial score (nSPS) is 9.30. The van der Waals surface area contributed by atoms with Gasteiger partial charge in [-0.1, -0.05) is 89.9 Å². The van der Waals surface area contributed by atoms with E-state index in [1.807, 2.05) is 91.0 Å². The molecule has 3 aromatic rings. The van der Waals surface area contributed by atoms with Gasteiger partial charge in [0.25, 0.3) is 0 Å². The first-order valence-electron chi connectivity index (χ1n) is 10.1. The molecule has 0 aliphatic heterocycles. The molecule has 13 heteroatoms. The third-order valence-corrected chi connectivity index (χ3v) is 5.90. The van der Waals surface area contributed by atoms with Gasteiger partial charge in [-0.25, -0.2) is 0 Å². The third-order valence-electron chi connectivity index (χ3n) is 3.45. The number of carboxylic acids is 3. The van der Waals surface area contributed by atoms with Gasteiger partial charge in [0.05, 0.1) is 17.9 Å². The van der Waals surface area contributed by atoms with Crippen LogP contribution in [0.5, 0.6) is 0 Å². The second-order valence-electron chi connectivity index (χ2n) is 6.16. The van der Waals surface area contributed by atoms with E-state index in [1.165, 1.54) is 51.5 Å². The van der Waals surface area contributed by atoms with Crippen LogP contribution in [0.15, 0.2) is 140 Å². The standard InChI is InChI=1S/3C9H8O2S.Bi.3H2O/c3*10-9(11)6-7-12-8-4-2-1-3-5-8;;;;/h3*1-7H,(H,10,11);;3*1H2/q;;;+3;;;/p-3/b3*7-6+;;;;. The topological polar surface area (TPSA) is 215 Å². The van der Waals surface area contributed by atoms with Crippen molar-refractivity contribution in [2.45, 2.75) is 14.7 Å². The van der Waals surface area contributed by atoms with E-state index in [-0.39, 0.29) is 42.6 Å². The smallest absolute Gasteiger partial charge is 0.545 e. The molecule has 0 atom stereocenters. The first-order valence-corrected chi connectivity index (χ1v) is 12.8. The number of carbonyl (C=O) groups excluding carboxylic acids is 3. The van der Waals surface area contributed by atoms with Crippen molar-refractivity contribution in [3.63, 3.8) is 0 Å². The van der Waals surface area contributed by atoms with Gasteiger partial charge in [-0.15, -0.1) is 0 Å². The van der Waals surface area contributed by atoms with Crippen molar-refractivity contribution < 1.29 is 46.1 Å². The number of carboxylic acid groups (broad SMARTS) is 3. The van der Waals surface area contributed by atoms with Crippen LogP contribution < -0.4 is 15.3 Å². The van der Waals surface area contributed by atoms with E-state index in [4.69, 9.17) is 0 Å². The summed E-state index contributed by atoms with van der Waals surface area (Å²) in [5, 5.41) is 34.4. The minimum atomic E-state index is -1.17. The number of rotatable bonds is 9. The monoisotopic (exact) mass is 800 g/mol. The first-order chi connectivity index (χ1) is 17.4. The van der Waals surface area contributed by atoms with Crippen LogP contribution in [0.2, 0.25) is 0 Å². The number of thioether (sulfide) groups is 3. The molecule has 0 spiro atoms. The molecule has 0 saturated heterocycles. The summed E-state index contributed by atoms with van der Waals surface area (Å²) in [7, 11) is 0. The van der Waals surface area contributed by atoms with Gasteiger partial charge in [-0.3, -0.25) is 0 Å². The summed E-state index contributed by atoms with van der Waals surface area (Å²) in [6.45, 7) is 0. The molecule has 0 aromatic heterocycles. The maximum atomic E-state index is 9.98. The molecule has 0 unspecified atom stereocenters. The van der Waals surface area contributed by atoms with Crippen molar-refractivity contribution in [3.05, 3.63) is 125 Å². The third kappa shape index (κ3) is 26.7. The molecule has 0 heterocycles. The minimum absolute atomic E-state index is 0. The number of benzene rings is 3. The quantitative estimate of drug-likeness (QED) is 0.165. The Labute approximate surface area is 264 Å². The van der Waals surface area contributed by atoms with E-state index in [9.17, 15) is 29.7 Å². The molecule has 0 bridgehead atoms. The summed E-state index contributed by atoms with van der Waals surface area (Å²) in [5.74, 6) is -3.50. The number of hydrogen-bond acceptors (Lipinski definition) is 9. The zero-order valence-electron chi connectivity index (χ0n) is 20.7. The van der Waals surface area contributed by atoms with Gasteiger partial charge in [0.2, 0.25) is 0 Å². The first kappa shape index (κ1) is 44.1. The van der Waals surface area contributed by atoms with Crippen LogP contribution in [-0.2, 0) is 14.4 Å². The van der Waals surface area contributed by atoms with E-state index in [0.29, 0.717) is 0 Å². The second-order valence-corrected chi connectivity index (χ2v) is 9.10. The zero-order chi connectivity index (χ0) is 26.4. The Morgan fingerprint density at radius 2 is 0.650 bits per heavy atom. The molecule has 0 amide bonds. The molecule has 3 rings (SSSR count). The van der Waals surface area contributed by atoms with Crippen molar-refractivity contribution in [2.24, 2.45) is 0 Å². The van der Waals surface area contributed by atoms with E-state index in [1.54, 1.807) is 0 Å². The predicted octanol–water partition coefficient (Wildman–Crippen LogP) is 0.272. The van der Waals surface area contributed by atoms with Crippen molar-refractivity contribution in [1.82, 2.24) is 0 Å². The Bertz CT molecular complexity index is 999. The Morgan fingerprint density at radius 3 is 0.825 bits per heavy atom. The van der Waals surface area contributed by atoms with Crippen molar-refractivity contribution in [1.29, 1.82) is 0 Å². The van der Waals surface area contributed by atoms with Gasteiger partial charge in [0, 0.05) is 14.7 Å². The average Bonchev–Trinajstić information content (AvgIpc) is 2.86. The summed E-state index contributed by atoms with van der Waals surface area (Å²) in [4.78, 5) is 33.0. The van der Waals surface area contributed by atoms with E-state index in [0.717, 1.165) is 32.9 Å². The molecule has 9 nitrogen and oxygen atoms in total. The van der Waals surface area contributed by atoms with Gasteiger partial charge in [0.1, 0.15) is 0 Å². The number of hydrogen-bond donors (Lipinski definition) is 0. The summed E-state index contributed by atoms with van der Waals surface area (Å²) in [5.41, 5.74) is 0. The van der Waals surface area contributed by atoms with Crippen molar-refractivity contribution in [2.75, 3.05) is 0 Å². The Kier molecular flexibility index (Phi) is 32.1. The molecular formula is C27H27BiO9S3. The molecule has 40 heavy (non-hydrogen) atoms. The molecule has 0 aliphatic rings. The summed E-state index contributed by atoms with van der Waals surface area (Å²) in [6.07, 6.45) is 3.03. The molecule has 6 N–H and O–H groups in total. The van der Waals surface area contributed by atoms with Gasteiger partial charge >= 0.3 is 26.2 Å². The van der Waals surface area contributed by atoms with Crippen LogP contribution in [0.3, 0.4) is 0 Å². The summed E-state index contributed by atoms with van der Waals surface area (Å²) in [6, 6.07) is 28.6. The Hall–Kier alpha value is -2.90. The van der Waals surface area contributed by atoms with Crippen molar-refractivity contribution >= 4 is 79.4 Å². The SMILES string of the molecule is O.O.O.O=C([O-])/C=C/Sc1ccccc1.O=C([O-])/C=C/Sc1ccccc1.O=C([O-])/C=C/Sc1ccccc1.[Bi+3]. The van der Waals surface area contributed by atoms with Gasteiger partial charge in [-0.2, -0.15) is 0 Å². The van der Waals surface area contributed by atoms with E-state index >= 15 is 0 Å². The van der Waals surface area contributed by atoms with E-state index < -0.39 is 17.9 Å². The van der Waals surface area contributed by atoms with Crippen LogP contribution in [0.25, 0.3) is 0 Å². The maximum Gasteiger partial charge on any atom is 3.00 e.